The number of nitrogens with zero attached hydrogens (tertiary/aromatic N) is 4. The summed E-state index contributed by atoms with van der Waals surface area (Å²) in [6.07, 6.45) is -0.852. The predicted molar refractivity (Wildman–Crippen MR) is 198 cm³/mol. The summed E-state index contributed by atoms with van der Waals surface area (Å²) in [5, 5.41) is 3.37. The number of carbonyl (C=O) groups is 4. The monoisotopic (exact) mass is 717 g/mol. The summed E-state index contributed by atoms with van der Waals surface area (Å²) in [6, 6.07) is 21.0. The van der Waals surface area contributed by atoms with Gasteiger partial charge in [0.1, 0.15) is 29.7 Å². The van der Waals surface area contributed by atoms with Gasteiger partial charge in [-0.05, 0) is 71.7 Å². The van der Waals surface area contributed by atoms with E-state index in [4.69, 9.17) is 23.9 Å². The van der Waals surface area contributed by atoms with E-state index in [2.05, 4.69) is 5.32 Å². The molecule has 0 unspecified atom stereocenters. The normalized spacial score (nSPS) is 15.7. The molecule has 0 bridgehead atoms. The average Bonchev–Trinajstić information content (AvgIpc) is 3.51. The molecule has 0 aliphatic carbocycles. The lowest BCUT2D eigenvalue weighted by Gasteiger charge is -2.30. The number of nitrogens with one attached hydrogen (secondary N) is 1. The number of esters is 1. The van der Waals surface area contributed by atoms with Crippen molar-refractivity contribution in [3.8, 4) is 11.3 Å². The number of benzene rings is 2. The third-order valence-corrected chi connectivity index (χ3v) is 7.98. The Hall–Kier alpha value is -5.33. The Balaban J connectivity index is 1.53. The Morgan fingerprint density at radius 2 is 1.50 bits per heavy atom. The van der Waals surface area contributed by atoms with Gasteiger partial charge >= 0.3 is 24.2 Å². The molecule has 1 aliphatic rings. The average molecular weight is 718 g/mol. The van der Waals surface area contributed by atoms with E-state index >= 15 is 0 Å². The molecule has 52 heavy (non-hydrogen) atoms. The van der Waals surface area contributed by atoms with Crippen molar-refractivity contribution in [2.75, 3.05) is 44.0 Å². The van der Waals surface area contributed by atoms with Crippen LogP contribution in [0.3, 0.4) is 0 Å². The minimum absolute atomic E-state index is 0.0753. The highest BCUT2D eigenvalue weighted by atomic mass is 16.6. The number of likely N-dealkylation sites (tertiary alicyclic amines) is 1. The number of carbonyl (C=O) groups excluding carboxylic acids is 4. The SMILES string of the molecule is COC(=O)[C@@H]1C[C@H](Nc2cccc(-c3ccccc3N(CCCN(C)C(=O)OC(C)(C)C)C(=O)OC(C)(C)C)n2)CN1C(=O)OCc1ccccc1. The van der Waals surface area contributed by atoms with Crippen LogP contribution in [0.5, 0.6) is 0 Å². The highest BCUT2D eigenvalue weighted by Crippen LogP contribution is 2.32. The topological polar surface area (TPSA) is 140 Å². The summed E-state index contributed by atoms with van der Waals surface area (Å²) in [6.45, 7) is 11.7. The van der Waals surface area contributed by atoms with Gasteiger partial charge < -0.3 is 29.2 Å². The maximum Gasteiger partial charge on any atom is 0.414 e. The van der Waals surface area contributed by atoms with Gasteiger partial charge in [0, 0.05) is 44.7 Å². The first kappa shape index (κ1) is 39.5. The molecule has 1 N–H and O–H groups in total. The second-order valence-electron chi connectivity index (χ2n) is 14.6. The van der Waals surface area contributed by atoms with E-state index in [9.17, 15) is 19.2 Å². The fourth-order valence-electron chi connectivity index (χ4n) is 5.63. The van der Waals surface area contributed by atoms with Crippen molar-refractivity contribution in [1.82, 2.24) is 14.8 Å². The summed E-state index contributed by atoms with van der Waals surface area (Å²) in [5.41, 5.74) is 1.31. The molecule has 1 fully saturated rings. The first-order valence-corrected chi connectivity index (χ1v) is 17.4. The minimum Gasteiger partial charge on any atom is -0.467 e. The van der Waals surface area contributed by atoms with Crippen LogP contribution >= 0.6 is 0 Å². The van der Waals surface area contributed by atoms with Crippen LogP contribution in [0.4, 0.5) is 25.9 Å². The molecule has 4 rings (SSSR count). The summed E-state index contributed by atoms with van der Waals surface area (Å²) < 4.78 is 21.8. The van der Waals surface area contributed by atoms with E-state index in [1.807, 2.05) is 87.5 Å². The molecular weight excluding hydrogens is 666 g/mol. The van der Waals surface area contributed by atoms with Gasteiger partial charge in [-0.1, -0.05) is 54.6 Å². The molecule has 1 saturated heterocycles. The molecule has 13 nitrogen and oxygen atoms in total. The van der Waals surface area contributed by atoms with Gasteiger partial charge in [-0.2, -0.15) is 0 Å². The number of rotatable bonds is 11. The number of anilines is 2. The van der Waals surface area contributed by atoms with E-state index in [0.717, 1.165) is 5.56 Å². The van der Waals surface area contributed by atoms with Crippen LogP contribution in [0.1, 0.15) is 59.9 Å². The van der Waals surface area contributed by atoms with Crippen LogP contribution in [0, 0.1) is 0 Å². The molecule has 2 atom stereocenters. The standard InChI is InChI=1S/C39H51N5O8/c1-38(2,3)51-35(46)42(7)22-15-23-43(37(48)52-39(4,5)6)31-20-13-12-18-29(31)30-19-14-21-33(41-30)40-28-24-32(34(45)49-8)44(25-28)36(47)50-26-27-16-10-9-11-17-27/h9-14,16-21,28,32H,15,22-26H2,1-8H3,(H,40,41)/t28-,32-/m0/s1. The number of methoxy groups -OCH3 is 1. The van der Waals surface area contributed by atoms with Crippen molar-refractivity contribution in [2.45, 2.75) is 84.3 Å². The lowest BCUT2D eigenvalue weighted by atomic mass is 10.1. The second-order valence-corrected chi connectivity index (χ2v) is 14.6. The van der Waals surface area contributed by atoms with E-state index < -0.39 is 41.5 Å². The maximum atomic E-state index is 13.6. The van der Waals surface area contributed by atoms with Gasteiger partial charge in [0.15, 0.2) is 0 Å². The Morgan fingerprint density at radius 1 is 0.846 bits per heavy atom. The van der Waals surface area contributed by atoms with Crippen molar-refractivity contribution < 1.29 is 38.1 Å². The molecular formula is C39H51N5O8. The Labute approximate surface area is 306 Å². The Morgan fingerprint density at radius 3 is 2.17 bits per heavy atom. The van der Waals surface area contributed by atoms with Crippen LogP contribution in [0.2, 0.25) is 0 Å². The van der Waals surface area contributed by atoms with E-state index in [0.29, 0.717) is 42.1 Å². The number of ether oxygens (including phenoxy) is 4. The highest BCUT2D eigenvalue weighted by Gasteiger charge is 2.41. The fraction of sp³-hybridized carbons (Fsp3) is 0.462. The first-order valence-electron chi connectivity index (χ1n) is 17.4. The first-order chi connectivity index (χ1) is 24.5. The number of hydrogen-bond acceptors (Lipinski definition) is 10. The van der Waals surface area contributed by atoms with Gasteiger partial charge in [-0.25, -0.2) is 24.2 Å². The highest BCUT2D eigenvalue weighted by molar-refractivity contribution is 5.93. The number of amides is 3. The molecule has 2 aromatic carbocycles. The molecule has 3 amide bonds. The zero-order valence-corrected chi connectivity index (χ0v) is 31.4. The van der Waals surface area contributed by atoms with Gasteiger partial charge in [-0.15, -0.1) is 0 Å². The lowest BCUT2D eigenvalue weighted by molar-refractivity contribution is -0.145. The van der Waals surface area contributed by atoms with Crippen LogP contribution in [0.15, 0.2) is 72.8 Å². The van der Waals surface area contributed by atoms with Crippen LogP contribution < -0.4 is 10.2 Å². The number of pyridine rings is 1. The summed E-state index contributed by atoms with van der Waals surface area (Å²) in [5.74, 6) is -0.0145. The summed E-state index contributed by atoms with van der Waals surface area (Å²) in [4.78, 5) is 61.3. The number of para-hydroxylation sites is 1. The van der Waals surface area contributed by atoms with Crippen LogP contribution in [-0.2, 0) is 30.3 Å². The molecule has 13 heteroatoms. The molecule has 0 radical (unpaired) electrons. The van der Waals surface area contributed by atoms with E-state index in [-0.39, 0.29) is 25.7 Å². The number of hydrogen-bond donors (Lipinski definition) is 1. The molecule has 1 aromatic heterocycles. The smallest absolute Gasteiger partial charge is 0.414 e. The van der Waals surface area contributed by atoms with Crippen molar-refractivity contribution >= 4 is 35.8 Å². The Bertz CT molecular complexity index is 1690. The quantitative estimate of drug-likeness (QED) is 0.161. The van der Waals surface area contributed by atoms with Gasteiger partial charge in [0.05, 0.1) is 18.5 Å². The Kier molecular flexibility index (Phi) is 13.1. The fourth-order valence-corrected chi connectivity index (χ4v) is 5.63. The van der Waals surface area contributed by atoms with E-state index in [1.54, 1.807) is 38.8 Å². The molecule has 1 aliphatic heterocycles. The summed E-state index contributed by atoms with van der Waals surface area (Å²) >= 11 is 0. The van der Waals surface area contributed by atoms with Crippen molar-refractivity contribution in [2.24, 2.45) is 0 Å². The largest absolute Gasteiger partial charge is 0.467 e. The molecule has 280 valence electrons. The van der Waals surface area contributed by atoms with Crippen molar-refractivity contribution in [3.05, 3.63) is 78.4 Å². The van der Waals surface area contributed by atoms with Crippen LogP contribution in [-0.4, -0.2) is 96.1 Å². The van der Waals surface area contributed by atoms with Gasteiger partial charge in [-0.3, -0.25) is 9.80 Å². The predicted octanol–water partition coefficient (Wildman–Crippen LogP) is 7.11. The zero-order chi connectivity index (χ0) is 38.1. The second kappa shape index (κ2) is 17.3. The maximum absolute atomic E-state index is 13.6. The van der Waals surface area contributed by atoms with Gasteiger partial charge in [0.2, 0.25) is 0 Å². The molecule has 2 heterocycles. The summed E-state index contributed by atoms with van der Waals surface area (Å²) in [7, 11) is 2.95. The zero-order valence-electron chi connectivity index (χ0n) is 31.4. The lowest BCUT2D eigenvalue weighted by Crippen LogP contribution is -2.41. The van der Waals surface area contributed by atoms with E-state index in [1.165, 1.54) is 16.9 Å². The van der Waals surface area contributed by atoms with Crippen molar-refractivity contribution in [1.29, 1.82) is 0 Å². The minimum atomic E-state index is -0.827. The van der Waals surface area contributed by atoms with Gasteiger partial charge in [0.25, 0.3) is 0 Å². The third-order valence-electron chi connectivity index (χ3n) is 7.98. The van der Waals surface area contributed by atoms with Crippen LogP contribution in [0.25, 0.3) is 11.3 Å². The molecule has 3 aromatic rings. The third kappa shape index (κ3) is 11.3. The number of aromatic nitrogens is 1. The van der Waals surface area contributed by atoms with Crippen molar-refractivity contribution in [3.63, 3.8) is 0 Å². The molecule has 0 saturated carbocycles. The molecule has 0 spiro atoms.